The van der Waals surface area contributed by atoms with Gasteiger partial charge in [-0.3, -0.25) is 19.3 Å². The fourth-order valence-electron chi connectivity index (χ4n) is 3.78. The number of imide groups is 1. The minimum Gasteiger partial charge on any atom is -0.467 e. The molecule has 0 spiro atoms. The van der Waals surface area contributed by atoms with Crippen LogP contribution < -0.4 is 10.2 Å². The lowest BCUT2D eigenvalue weighted by molar-refractivity contribution is 0.0631. The van der Waals surface area contributed by atoms with Gasteiger partial charge in [-0.15, -0.1) is 0 Å². The Bertz CT molecular complexity index is 1170. The van der Waals surface area contributed by atoms with E-state index in [4.69, 9.17) is 9.15 Å². The molecule has 2 aromatic heterocycles. The van der Waals surface area contributed by atoms with Crippen LogP contribution in [0.5, 0.6) is 0 Å². The summed E-state index contributed by atoms with van der Waals surface area (Å²) in [6, 6.07) is 11.5. The Balaban J connectivity index is 1.29. The molecule has 0 aliphatic carbocycles. The second-order valence-corrected chi connectivity index (χ2v) is 7.49. The third-order valence-electron chi connectivity index (χ3n) is 5.47. The number of carbonyl (C=O) groups excluding carboxylic acids is 3. The van der Waals surface area contributed by atoms with Gasteiger partial charge in [0.15, 0.2) is 0 Å². The Morgan fingerprint density at radius 2 is 1.84 bits per heavy atom. The van der Waals surface area contributed by atoms with Crippen LogP contribution in [0.2, 0.25) is 0 Å². The lowest BCUT2D eigenvalue weighted by Crippen LogP contribution is -2.36. The third kappa shape index (κ3) is 3.74. The van der Waals surface area contributed by atoms with Crippen LogP contribution in [0.15, 0.2) is 59.3 Å². The quantitative estimate of drug-likeness (QED) is 0.618. The highest BCUT2D eigenvalue weighted by atomic mass is 16.5. The molecule has 3 aromatic rings. The van der Waals surface area contributed by atoms with Gasteiger partial charge in [-0.2, -0.15) is 0 Å². The summed E-state index contributed by atoms with van der Waals surface area (Å²) in [6.07, 6.45) is 3.08. The number of ether oxygens (including phenoxy) is 1. The highest BCUT2D eigenvalue weighted by Crippen LogP contribution is 2.26. The van der Waals surface area contributed by atoms with E-state index in [0.717, 1.165) is 23.8 Å². The molecule has 3 amide bonds. The molecule has 2 aliphatic heterocycles. The van der Waals surface area contributed by atoms with E-state index in [0.29, 0.717) is 24.7 Å². The standard InChI is InChI=1S/C23H20N4O5/c28-21(25-16-4-6-20(24-13-16)26-7-10-31-11-8-26)15-3-5-18-19(12-15)23(30)27(22(18)29)14-17-2-1-9-32-17/h1-6,9,12-13H,7-8,10-11,14H2,(H,25,28). The number of benzene rings is 1. The second kappa shape index (κ2) is 8.27. The number of nitrogens with one attached hydrogen (secondary N) is 1. The van der Waals surface area contributed by atoms with E-state index in [1.54, 1.807) is 24.4 Å². The van der Waals surface area contributed by atoms with E-state index >= 15 is 0 Å². The number of anilines is 2. The van der Waals surface area contributed by atoms with Crippen molar-refractivity contribution >= 4 is 29.2 Å². The van der Waals surface area contributed by atoms with E-state index in [9.17, 15) is 14.4 Å². The number of carbonyl (C=O) groups is 3. The molecule has 0 atom stereocenters. The average Bonchev–Trinajstić information content (AvgIpc) is 3.43. The first kappa shape index (κ1) is 20.0. The van der Waals surface area contributed by atoms with Crippen LogP contribution in [0.4, 0.5) is 11.5 Å². The first-order valence-electron chi connectivity index (χ1n) is 10.2. The molecule has 2 aliphatic rings. The second-order valence-electron chi connectivity index (χ2n) is 7.49. The molecule has 5 rings (SSSR count). The number of aromatic nitrogens is 1. The summed E-state index contributed by atoms with van der Waals surface area (Å²) in [5.41, 5.74) is 1.29. The van der Waals surface area contributed by atoms with Gasteiger partial charge >= 0.3 is 0 Å². The van der Waals surface area contributed by atoms with E-state index in [1.807, 2.05) is 6.07 Å². The number of furan rings is 1. The monoisotopic (exact) mass is 432 g/mol. The van der Waals surface area contributed by atoms with Gasteiger partial charge in [0.25, 0.3) is 17.7 Å². The van der Waals surface area contributed by atoms with Crippen LogP contribution in [0.1, 0.15) is 36.8 Å². The summed E-state index contributed by atoms with van der Waals surface area (Å²) >= 11 is 0. The van der Waals surface area contributed by atoms with Crippen LogP contribution in [0, 0.1) is 0 Å². The molecule has 32 heavy (non-hydrogen) atoms. The van der Waals surface area contributed by atoms with Crippen LogP contribution in [-0.2, 0) is 11.3 Å². The first-order chi connectivity index (χ1) is 15.6. The summed E-state index contributed by atoms with van der Waals surface area (Å²) < 4.78 is 10.6. The van der Waals surface area contributed by atoms with E-state index < -0.39 is 17.7 Å². The number of hydrogen-bond donors (Lipinski definition) is 1. The van der Waals surface area contributed by atoms with Crippen molar-refractivity contribution in [3.8, 4) is 0 Å². The number of hydrogen-bond acceptors (Lipinski definition) is 7. The van der Waals surface area contributed by atoms with Crippen molar-refractivity contribution in [1.29, 1.82) is 0 Å². The Morgan fingerprint density at radius 1 is 1.03 bits per heavy atom. The minimum absolute atomic E-state index is 0.0437. The summed E-state index contributed by atoms with van der Waals surface area (Å²) in [7, 11) is 0. The van der Waals surface area contributed by atoms with Gasteiger partial charge in [-0.05, 0) is 42.5 Å². The van der Waals surface area contributed by atoms with Crippen molar-refractivity contribution < 1.29 is 23.5 Å². The van der Waals surface area contributed by atoms with Gasteiger partial charge < -0.3 is 19.4 Å². The number of nitrogens with zero attached hydrogens (tertiary/aromatic N) is 3. The molecule has 0 bridgehead atoms. The zero-order valence-corrected chi connectivity index (χ0v) is 17.1. The zero-order chi connectivity index (χ0) is 22.1. The molecule has 1 saturated heterocycles. The SMILES string of the molecule is O=C(Nc1ccc(N2CCOCC2)nc1)c1ccc2c(c1)C(=O)N(Cc1ccco1)C2=O. The summed E-state index contributed by atoms with van der Waals surface area (Å²) in [5.74, 6) is 0.0809. The number of morpholine rings is 1. The Morgan fingerprint density at radius 3 is 2.56 bits per heavy atom. The molecule has 4 heterocycles. The lowest BCUT2D eigenvalue weighted by atomic mass is 10.1. The fraction of sp³-hybridized carbons (Fsp3) is 0.217. The number of pyridine rings is 1. The predicted molar refractivity (Wildman–Crippen MR) is 115 cm³/mol. The molecular formula is C23H20N4O5. The maximum atomic E-state index is 12.8. The van der Waals surface area contributed by atoms with Gasteiger partial charge in [-0.1, -0.05) is 0 Å². The third-order valence-corrected chi connectivity index (χ3v) is 5.47. The van der Waals surface area contributed by atoms with Crippen molar-refractivity contribution in [3.63, 3.8) is 0 Å². The Labute approximate surface area is 183 Å². The van der Waals surface area contributed by atoms with Gasteiger partial charge in [-0.25, -0.2) is 4.98 Å². The molecule has 1 aromatic carbocycles. The predicted octanol–water partition coefficient (Wildman–Crippen LogP) is 2.56. The maximum absolute atomic E-state index is 12.8. The molecule has 162 valence electrons. The van der Waals surface area contributed by atoms with Crippen LogP contribution in [-0.4, -0.2) is 53.9 Å². The van der Waals surface area contributed by atoms with E-state index in [1.165, 1.54) is 24.5 Å². The van der Waals surface area contributed by atoms with Gasteiger partial charge in [0.05, 0.1) is 49.0 Å². The van der Waals surface area contributed by atoms with Gasteiger partial charge in [0.2, 0.25) is 0 Å². The molecule has 1 fully saturated rings. The van der Waals surface area contributed by atoms with E-state index in [-0.39, 0.29) is 23.2 Å². The molecule has 0 saturated carbocycles. The van der Waals surface area contributed by atoms with Crippen LogP contribution >= 0.6 is 0 Å². The summed E-state index contributed by atoms with van der Waals surface area (Å²) in [4.78, 5) is 45.8. The first-order valence-corrected chi connectivity index (χ1v) is 10.2. The van der Waals surface area contributed by atoms with Gasteiger partial charge in [0.1, 0.15) is 11.6 Å². The molecule has 9 heteroatoms. The molecule has 9 nitrogen and oxygen atoms in total. The largest absolute Gasteiger partial charge is 0.467 e. The smallest absolute Gasteiger partial charge is 0.261 e. The fourth-order valence-corrected chi connectivity index (χ4v) is 3.78. The van der Waals surface area contributed by atoms with Crippen molar-refractivity contribution in [2.45, 2.75) is 6.54 Å². The minimum atomic E-state index is -0.451. The Kier molecular flexibility index (Phi) is 5.16. The highest BCUT2D eigenvalue weighted by molar-refractivity contribution is 6.22. The maximum Gasteiger partial charge on any atom is 0.261 e. The molecular weight excluding hydrogens is 412 g/mol. The topological polar surface area (TPSA) is 105 Å². The number of fused-ring (bicyclic) bond motifs is 1. The normalized spacial score (nSPS) is 15.8. The summed E-state index contributed by atoms with van der Waals surface area (Å²) in [5, 5.41) is 2.78. The van der Waals surface area contributed by atoms with Crippen LogP contribution in [0.25, 0.3) is 0 Å². The lowest BCUT2D eigenvalue weighted by Gasteiger charge is -2.27. The van der Waals surface area contributed by atoms with Crippen molar-refractivity contribution in [2.75, 3.05) is 36.5 Å². The Hall–Kier alpha value is -3.98. The van der Waals surface area contributed by atoms with Crippen molar-refractivity contribution in [3.05, 3.63) is 77.4 Å². The van der Waals surface area contributed by atoms with Crippen molar-refractivity contribution in [2.24, 2.45) is 0 Å². The number of rotatable bonds is 5. The zero-order valence-electron chi connectivity index (χ0n) is 17.1. The van der Waals surface area contributed by atoms with Crippen LogP contribution in [0.3, 0.4) is 0 Å². The highest BCUT2D eigenvalue weighted by Gasteiger charge is 2.36. The van der Waals surface area contributed by atoms with Gasteiger partial charge in [0, 0.05) is 18.7 Å². The molecule has 0 radical (unpaired) electrons. The number of amides is 3. The van der Waals surface area contributed by atoms with Crippen molar-refractivity contribution in [1.82, 2.24) is 9.88 Å². The molecule has 0 unspecified atom stereocenters. The summed E-state index contributed by atoms with van der Waals surface area (Å²) in [6.45, 7) is 2.92. The average molecular weight is 432 g/mol. The molecule has 1 N–H and O–H groups in total. The van der Waals surface area contributed by atoms with E-state index in [2.05, 4.69) is 15.2 Å².